The second-order valence-corrected chi connectivity index (χ2v) is 6.68. The van der Waals surface area contributed by atoms with Gasteiger partial charge in [0.25, 0.3) is 0 Å². The lowest BCUT2D eigenvalue weighted by Crippen LogP contribution is -2.49. The van der Waals surface area contributed by atoms with E-state index >= 15 is 0 Å². The zero-order valence-electron chi connectivity index (χ0n) is 13.8. The first kappa shape index (κ1) is 18.9. The maximum atomic E-state index is 12.7. The molecule has 7 heteroatoms. The van der Waals surface area contributed by atoms with Crippen LogP contribution < -0.4 is 0 Å². The lowest BCUT2D eigenvalue weighted by molar-refractivity contribution is -0.148. The fraction of sp³-hybridized carbons (Fsp3) is 0.529. The number of carbonyl (C=O) groups excluding carboxylic acids is 2. The summed E-state index contributed by atoms with van der Waals surface area (Å²) in [6.45, 7) is 4.51. The summed E-state index contributed by atoms with van der Waals surface area (Å²) < 4.78 is 10.1. The number of amides is 1. The third-order valence-electron chi connectivity index (χ3n) is 3.97. The molecule has 2 rings (SSSR count). The van der Waals surface area contributed by atoms with E-state index in [-0.39, 0.29) is 18.9 Å². The zero-order valence-corrected chi connectivity index (χ0v) is 15.3. The molecule has 2 atom stereocenters. The second kappa shape index (κ2) is 8.58. The van der Waals surface area contributed by atoms with Gasteiger partial charge in [0.15, 0.2) is 6.23 Å². The topological polar surface area (TPSA) is 55.8 Å². The Morgan fingerprint density at radius 3 is 2.54 bits per heavy atom. The Morgan fingerprint density at radius 2 is 1.92 bits per heavy atom. The molecule has 24 heavy (non-hydrogen) atoms. The third kappa shape index (κ3) is 4.77. The normalized spacial score (nSPS) is 20.6. The van der Waals surface area contributed by atoms with E-state index in [0.717, 1.165) is 6.42 Å². The molecular weight excluding hydrogens is 353 g/mol. The molecule has 0 saturated carbocycles. The first-order chi connectivity index (χ1) is 11.4. The highest BCUT2D eigenvalue weighted by Crippen LogP contribution is 2.28. The van der Waals surface area contributed by atoms with Crippen molar-refractivity contribution < 1.29 is 19.1 Å². The first-order valence-corrected chi connectivity index (χ1v) is 8.73. The SMILES string of the molecule is CCOC(=O)OC1CCC(C)CN1C(=O)Cc1c(Cl)cccc1Cl. The van der Waals surface area contributed by atoms with Crippen LogP contribution in [0.3, 0.4) is 0 Å². The van der Waals surface area contributed by atoms with Crippen molar-refractivity contribution in [1.29, 1.82) is 0 Å². The molecule has 0 aliphatic carbocycles. The van der Waals surface area contributed by atoms with E-state index in [1.807, 2.05) is 0 Å². The number of nitrogens with zero attached hydrogens (tertiary/aromatic N) is 1. The number of hydrogen-bond donors (Lipinski definition) is 0. The number of carbonyl (C=O) groups is 2. The third-order valence-corrected chi connectivity index (χ3v) is 4.68. The Labute approximate surface area is 151 Å². The summed E-state index contributed by atoms with van der Waals surface area (Å²) in [6, 6.07) is 5.12. The minimum atomic E-state index is -0.759. The molecule has 132 valence electrons. The van der Waals surface area contributed by atoms with Gasteiger partial charge in [0.05, 0.1) is 13.0 Å². The van der Waals surface area contributed by atoms with Gasteiger partial charge in [0, 0.05) is 23.0 Å². The summed E-state index contributed by atoms with van der Waals surface area (Å²) in [4.78, 5) is 25.9. The van der Waals surface area contributed by atoms with E-state index < -0.39 is 12.4 Å². The van der Waals surface area contributed by atoms with Crippen molar-refractivity contribution in [1.82, 2.24) is 4.90 Å². The van der Waals surface area contributed by atoms with Gasteiger partial charge in [-0.1, -0.05) is 36.2 Å². The molecule has 0 N–H and O–H groups in total. The van der Waals surface area contributed by atoms with Crippen LogP contribution in [0.4, 0.5) is 4.79 Å². The van der Waals surface area contributed by atoms with Gasteiger partial charge in [0.2, 0.25) is 5.91 Å². The average Bonchev–Trinajstić information content (AvgIpc) is 2.53. The highest BCUT2D eigenvalue weighted by Gasteiger charge is 2.33. The van der Waals surface area contributed by atoms with Crippen molar-refractivity contribution in [2.45, 2.75) is 39.3 Å². The van der Waals surface area contributed by atoms with Crippen LogP contribution in [-0.4, -0.2) is 36.3 Å². The van der Waals surface area contributed by atoms with E-state index in [1.165, 1.54) is 0 Å². The molecule has 1 fully saturated rings. The number of ether oxygens (including phenoxy) is 2. The number of benzene rings is 1. The van der Waals surface area contributed by atoms with Crippen LogP contribution in [0.1, 0.15) is 32.3 Å². The molecule has 1 aliphatic heterocycles. The highest BCUT2D eigenvalue weighted by atomic mass is 35.5. The van der Waals surface area contributed by atoms with Crippen LogP contribution in [0.2, 0.25) is 10.0 Å². The number of piperidine rings is 1. The van der Waals surface area contributed by atoms with Gasteiger partial charge >= 0.3 is 6.16 Å². The molecule has 0 spiro atoms. The maximum absolute atomic E-state index is 12.7. The monoisotopic (exact) mass is 373 g/mol. The molecule has 1 aliphatic rings. The fourth-order valence-electron chi connectivity index (χ4n) is 2.73. The van der Waals surface area contributed by atoms with Gasteiger partial charge in [-0.05, 0) is 37.0 Å². The van der Waals surface area contributed by atoms with Crippen LogP contribution in [0.25, 0.3) is 0 Å². The van der Waals surface area contributed by atoms with Crippen LogP contribution in [0.5, 0.6) is 0 Å². The van der Waals surface area contributed by atoms with Crippen molar-refractivity contribution in [3.63, 3.8) is 0 Å². The minimum absolute atomic E-state index is 0.0634. The molecule has 0 aromatic heterocycles. The Hall–Kier alpha value is -1.46. The Balaban J connectivity index is 2.12. The quantitative estimate of drug-likeness (QED) is 0.738. The lowest BCUT2D eigenvalue weighted by atomic mass is 9.98. The Kier molecular flexibility index (Phi) is 6.75. The Bertz CT molecular complexity index is 588. The van der Waals surface area contributed by atoms with Crippen LogP contribution in [0.15, 0.2) is 18.2 Å². The van der Waals surface area contributed by atoms with Gasteiger partial charge in [-0.2, -0.15) is 0 Å². The van der Waals surface area contributed by atoms with Gasteiger partial charge in [-0.15, -0.1) is 0 Å². The predicted octanol–water partition coefficient (Wildman–Crippen LogP) is 4.29. The smallest absolute Gasteiger partial charge is 0.435 e. The van der Waals surface area contributed by atoms with Crippen molar-refractivity contribution >= 4 is 35.3 Å². The molecule has 1 amide bonds. The van der Waals surface area contributed by atoms with E-state index in [2.05, 4.69) is 6.92 Å². The molecule has 1 heterocycles. The fourth-order valence-corrected chi connectivity index (χ4v) is 3.26. The van der Waals surface area contributed by atoms with Crippen LogP contribution >= 0.6 is 23.2 Å². The van der Waals surface area contributed by atoms with E-state index in [4.69, 9.17) is 32.7 Å². The predicted molar refractivity (Wildman–Crippen MR) is 92.2 cm³/mol. The van der Waals surface area contributed by atoms with Gasteiger partial charge in [-0.3, -0.25) is 4.79 Å². The average molecular weight is 374 g/mol. The van der Waals surface area contributed by atoms with Crippen molar-refractivity contribution in [2.24, 2.45) is 5.92 Å². The van der Waals surface area contributed by atoms with Gasteiger partial charge in [0.1, 0.15) is 0 Å². The summed E-state index contributed by atoms with van der Waals surface area (Å²) in [5, 5.41) is 0.896. The van der Waals surface area contributed by atoms with E-state index in [0.29, 0.717) is 34.5 Å². The molecule has 1 aromatic carbocycles. The molecular formula is C17H21Cl2NO4. The van der Waals surface area contributed by atoms with Crippen LogP contribution in [0, 0.1) is 5.92 Å². The highest BCUT2D eigenvalue weighted by molar-refractivity contribution is 6.36. The second-order valence-electron chi connectivity index (χ2n) is 5.86. The summed E-state index contributed by atoms with van der Waals surface area (Å²) in [5.74, 6) is 0.156. The maximum Gasteiger partial charge on any atom is 0.510 e. The summed E-state index contributed by atoms with van der Waals surface area (Å²) in [7, 11) is 0. The van der Waals surface area contributed by atoms with Gasteiger partial charge < -0.3 is 14.4 Å². The molecule has 5 nitrogen and oxygen atoms in total. The number of hydrogen-bond acceptors (Lipinski definition) is 4. The summed E-state index contributed by atoms with van der Waals surface area (Å²) >= 11 is 12.3. The van der Waals surface area contributed by atoms with Gasteiger partial charge in [-0.25, -0.2) is 4.79 Å². The molecule has 0 bridgehead atoms. The molecule has 2 unspecified atom stereocenters. The van der Waals surface area contributed by atoms with E-state index in [1.54, 1.807) is 30.0 Å². The molecule has 0 radical (unpaired) electrons. The lowest BCUT2D eigenvalue weighted by Gasteiger charge is -2.37. The van der Waals surface area contributed by atoms with Crippen molar-refractivity contribution in [2.75, 3.05) is 13.2 Å². The van der Waals surface area contributed by atoms with Crippen LogP contribution in [-0.2, 0) is 20.7 Å². The minimum Gasteiger partial charge on any atom is -0.435 e. The zero-order chi connectivity index (χ0) is 17.7. The Morgan fingerprint density at radius 1 is 1.25 bits per heavy atom. The van der Waals surface area contributed by atoms with Crippen molar-refractivity contribution in [3.8, 4) is 0 Å². The number of likely N-dealkylation sites (tertiary alicyclic amines) is 1. The summed E-state index contributed by atoms with van der Waals surface area (Å²) in [6.07, 6.45) is 0.149. The molecule has 1 saturated heterocycles. The standard InChI is InChI=1S/C17H21Cl2NO4/c1-3-23-17(22)24-16-8-7-11(2)10-20(16)15(21)9-12-13(18)5-4-6-14(12)19/h4-6,11,16H,3,7-10H2,1-2H3. The number of rotatable bonds is 4. The number of halogens is 2. The van der Waals surface area contributed by atoms with E-state index in [9.17, 15) is 9.59 Å². The first-order valence-electron chi connectivity index (χ1n) is 7.98. The summed E-state index contributed by atoms with van der Waals surface area (Å²) in [5.41, 5.74) is 0.582. The largest absolute Gasteiger partial charge is 0.510 e. The van der Waals surface area contributed by atoms with Crippen molar-refractivity contribution in [3.05, 3.63) is 33.8 Å². The molecule has 1 aromatic rings.